The zero-order valence-electron chi connectivity index (χ0n) is 22.1. The smallest absolute Gasteiger partial charge is 0.406 e. The number of nitrogens with zero attached hydrogens (tertiary/aromatic N) is 2. The van der Waals surface area contributed by atoms with Gasteiger partial charge in [-0.2, -0.15) is 5.10 Å². The summed E-state index contributed by atoms with van der Waals surface area (Å²) in [5.74, 6) is 5.73. The summed E-state index contributed by atoms with van der Waals surface area (Å²) in [5, 5.41) is 9.64. The van der Waals surface area contributed by atoms with Crippen molar-refractivity contribution in [3.8, 4) is 10.4 Å². The molecule has 0 radical (unpaired) electrons. The van der Waals surface area contributed by atoms with Gasteiger partial charge in [0.2, 0.25) is 0 Å². The number of morpholine rings is 1. The van der Waals surface area contributed by atoms with Crippen molar-refractivity contribution >= 4 is 29.2 Å². The number of benzene rings is 1. The monoisotopic (exact) mass is 545 g/mol. The fourth-order valence-electron chi connectivity index (χ4n) is 4.59. The topological polar surface area (TPSA) is 179 Å². The van der Waals surface area contributed by atoms with E-state index in [4.69, 9.17) is 16.3 Å². The molecule has 1 saturated carbocycles. The van der Waals surface area contributed by atoms with Crippen LogP contribution in [0.1, 0.15) is 48.2 Å². The lowest BCUT2D eigenvalue weighted by atomic mass is 10.0. The Balaban J connectivity index is 0.00000400. The average Bonchev–Trinajstić information content (AvgIpc) is 3.68. The van der Waals surface area contributed by atoms with Gasteiger partial charge in [0.25, 0.3) is 5.91 Å². The molecule has 38 heavy (non-hydrogen) atoms. The average molecular weight is 546 g/mol. The van der Waals surface area contributed by atoms with E-state index in [0.29, 0.717) is 19.7 Å². The first-order valence-corrected chi connectivity index (χ1v) is 13.5. The Morgan fingerprint density at radius 3 is 2.79 bits per heavy atom. The molecule has 1 aliphatic carbocycles. The minimum absolute atomic E-state index is 0. The molecule has 9 N–H and O–H groups in total. The normalized spacial score (nSPS) is 18.3. The van der Waals surface area contributed by atoms with Crippen LogP contribution in [-0.2, 0) is 20.7 Å². The molecule has 208 valence electrons. The third-order valence-corrected chi connectivity index (χ3v) is 8.09. The van der Waals surface area contributed by atoms with E-state index in [-0.39, 0.29) is 30.0 Å². The molecule has 1 aromatic carbocycles. The Morgan fingerprint density at radius 2 is 2.13 bits per heavy atom. The molecule has 0 spiro atoms. The molecule has 11 nitrogen and oxygen atoms in total. The van der Waals surface area contributed by atoms with Gasteiger partial charge in [-0.1, -0.05) is 18.2 Å². The van der Waals surface area contributed by atoms with Gasteiger partial charge < -0.3 is 42.7 Å². The largest absolute Gasteiger partial charge is 0.453 e. The summed E-state index contributed by atoms with van der Waals surface area (Å²) < 4.78 is 10.5. The molecule has 1 saturated heterocycles. The Hall–Kier alpha value is -3.19. The maximum absolute atomic E-state index is 13.5. The summed E-state index contributed by atoms with van der Waals surface area (Å²) in [6.45, 7) is 4.45. The van der Waals surface area contributed by atoms with Crippen molar-refractivity contribution < 1.29 is 19.1 Å². The molecular weight excluding hydrogens is 506 g/mol. The lowest BCUT2D eigenvalue weighted by molar-refractivity contribution is -0.148. The Bertz CT molecular complexity index is 1130. The van der Waals surface area contributed by atoms with E-state index in [1.807, 2.05) is 29.2 Å². The third-order valence-electron chi connectivity index (χ3n) is 6.69. The number of hydrogen-bond donors (Lipinski definition) is 5. The highest BCUT2D eigenvalue weighted by atomic mass is 32.1. The van der Waals surface area contributed by atoms with Gasteiger partial charge in [-0.05, 0) is 55.9 Å². The maximum atomic E-state index is 13.5. The summed E-state index contributed by atoms with van der Waals surface area (Å²) in [4.78, 5) is 29.2. The number of ether oxygens (including phenoxy) is 2. The number of nitrogens with one attached hydrogen (secondary N) is 2. The number of amides is 2. The number of amidine groups is 1. The highest BCUT2D eigenvalue weighted by molar-refractivity contribution is 7.15. The summed E-state index contributed by atoms with van der Waals surface area (Å²) in [7, 11) is 1.35. The summed E-state index contributed by atoms with van der Waals surface area (Å²) in [5.41, 5.74) is 8.88. The number of aryl methyl sites for hydroxylation is 1. The van der Waals surface area contributed by atoms with Crippen molar-refractivity contribution in [1.29, 1.82) is 0 Å². The number of carbonyl (C=O) groups is 2. The van der Waals surface area contributed by atoms with Crippen molar-refractivity contribution in [3.63, 3.8) is 0 Å². The number of methoxy groups -OCH3 is 1. The van der Waals surface area contributed by atoms with Crippen LogP contribution in [0.4, 0.5) is 4.79 Å². The van der Waals surface area contributed by atoms with Crippen molar-refractivity contribution in [2.75, 3.05) is 33.4 Å². The molecular formula is C26H39N7O4S. The molecule has 2 atom stereocenters. The van der Waals surface area contributed by atoms with Crippen LogP contribution < -0.4 is 28.4 Å². The first kappa shape index (κ1) is 29.4. The van der Waals surface area contributed by atoms with Crippen LogP contribution in [0.25, 0.3) is 10.4 Å². The van der Waals surface area contributed by atoms with Gasteiger partial charge in [0.15, 0.2) is 0 Å². The van der Waals surface area contributed by atoms with Gasteiger partial charge >= 0.3 is 6.09 Å². The Kier molecular flexibility index (Phi) is 10.5. The van der Waals surface area contributed by atoms with E-state index in [1.165, 1.54) is 7.11 Å². The number of hydrazone groups is 1. The van der Waals surface area contributed by atoms with E-state index in [1.54, 1.807) is 11.3 Å². The molecule has 2 aromatic rings. The maximum Gasteiger partial charge on any atom is 0.406 e. The van der Waals surface area contributed by atoms with Gasteiger partial charge in [-0.15, -0.1) is 11.3 Å². The number of alkyl carbamates (subject to hydrolysis) is 1. The Morgan fingerprint density at radius 1 is 1.34 bits per heavy atom. The molecule has 1 aliphatic heterocycles. The predicted molar refractivity (Wildman–Crippen MR) is 149 cm³/mol. The minimum atomic E-state index is -0.449. The van der Waals surface area contributed by atoms with Crippen LogP contribution >= 0.6 is 11.3 Å². The second-order valence-corrected chi connectivity index (χ2v) is 10.4. The summed E-state index contributed by atoms with van der Waals surface area (Å²) in [6, 6.07) is 10.2. The lowest BCUT2D eigenvalue weighted by Gasteiger charge is -2.33. The van der Waals surface area contributed by atoms with Gasteiger partial charge in [-0.3, -0.25) is 4.79 Å². The lowest BCUT2D eigenvalue weighted by Crippen LogP contribution is -2.50. The van der Waals surface area contributed by atoms with Crippen molar-refractivity contribution in [2.24, 2.45) is 16.7 Å². The van der Waals surface area contributed by atoms with Crippen LogP contribution in [0.15, 0.2) is 35.4 Å². The molecule has 2 amide bonds. The predicted octanol–water partition coefficient (Wildman–Crippen LogP) is 2.49. The minimum Gasteiger partial charge on any atom is -0.453 e. The zero-order valence-corrected chi connectivity index (χ0v) is 22.9. The molecule has 2 heterocycles. The van der Waals surface area contributed by atoms with Gasteiger partial charge in [0.1, 0.15) is 11.9 Å². The fourth-order valence-corrected chi connectivity index (χ4v) is 5.85. The van der Waals surface area contributed by atoms with E-state index in [0.717, 1.165) is 58.7 Å². The van der Waals surface area contributed by atoms with Gasteiger partial charge in [-0.25, -0.2) is 4.79 Å². The molecule has 4 rings (SSSR count). The van der Waals surface area contributed by atoms with E-state index in [2.05, 4.69) is 33.5 Å². The van der Waals surface area contributed by atoms with Gasteiger partial charge in [0, 0.05) is 41.0 Å². The quantitative estimate of drug-likeness (QED) is 0.0993. The second-order valence-electron chi connectivity index (χ2n) is 9.34. The highest BCUT2D eigenvalue weighted by Gasteiger charge is 2.40. The zero-order chi connectivity index (χ0) is 26.4. The van der Waals surface area contributed by atoms with E-state index >= 15 is 0 Å². The van der Waals surface area contributed by atoms with Crippen LogP contribution in [0, 0.1) is 0 Å². The van der Waals surface area contributed by atoms with Crippen LogP contribution in [0.3, 0.4) is 0 Å². The van der Waals surface area contributed by atoms with E-state index in [9.17, 15) is 9.59 Å². The standard InChI is InChI=1S/C26H36N6O4S.H3N/c1-16(32(20-8-9-20)25(33)21-15-29-11-12-36-21)22-14-18(7-4-10-30-26(34)35-2)23(37-22)17-5-3-6-19(13-17)24(27)31-28;/h3,5-6,13-14,16,20-21,29H,4,7-12,15,28H2,1-2H3,(H2,27,31)(H,30,34);1H3/t16-,21-;/m1./s1. The molecule has 2 fully saturated rings. The number of hydrogen-bond acceptors (Lipinski definition) is 9. The number of carbonyl (C=O) groups excluding carboxylic acids is 2. The van der Waals surface area contributed by atoms with Gasteiger partial charge in [0.05, 0.1) is 19.8 Å². The van der Waals surface area contributed by atoms with Crippen molar-refractivity contribution in [1.82, 2.24) is 21.7 Å². The van der Waals surface area contributed by atoms with Crippen LogP contribution in [0.2, 0.25) is 0 Å². The SMILES string of the molecule is COC(=O)NCCCc1cc([C@@H](C)N(C(=O)[C@H]2CNCCO2)C2CC2)sc1-c1cccc(C(N)=NN)c1.N. The van der Waals surface area contributed by atoms with E-state index < -0.39 is 12.2 Å². The van der Waals surface area contributed by atoms with Crippen LogP contribution in [0.5, 0.6) is 0 Å². The molecule has 0 unspecified atom stereocenters. The molecule has 0 bridgehead atoms. The summed E-state index contributed by atoms with van der Waals surface area (Å²) in [6.07, 6.45) is 2.63. The number of nitrogens with two attached hydrogens (primary N) is 2. The van der Waals surface area contributed by atoms with Crippen LogP contribution in [-0.4, -0.2) is 68.2 Å². The third kappa shape index (κ3) is 7.01. The van der Waals surface area contributed by atoms with Crippen molar-refractivity contribution in [3.05, 3.63) is 46.3 Å². The number of thiophene rings is 1. The van der Waals surface area contributed by atoms with Crippen molar-refractivity contribution in [2.45, 2.75) is 50.8 Å². The molecule has 2 aliphatic rings. The summed E-state index contributed by atoms with van der Waals surface area (Å²) >= 11 is 1.68. The first-order valence-electron chi connectivity index (χ1n) is 12.7. The second kappa shape index (κ2) is 13.6. The highest BCUT2D eigenvalue weighted by Crippen LogP contribution is 2.42. The first-order chi connectivity index (χ1) is 17.9. The molecule has 1 aromatic heterocycles. The Labute approximate surface area is 227 Å². The number of rotatable bonds is 10. The fraction of sp³-hybridized carbons (Fsp3) is 0.500. The molecule has 12 heteroatoms.